The van der Waals surface area contributed by atoms with Crippen LogP contribution < -0.4 is 4.74 Å². The summed E-state index contributed by atoms with van der Waals surface area (Å²) >= 11 is 19.5. The van der Waals surface area contributed by atoms with Crippen molar-refractivity contribution in [1.82, 2.24) is 0 Å². The maximum Gasteiger partial charge on any atom is 0.133 e. The number of rotatable bonds is 5. The highest BCUT2D eigenvalue weighted by Gasteiger charge is 2.16. The number of alkyl halides is 1. The van der Waals surface area contributed by atoms with E-state index in [1.54, 1.807) is 12.1 Å². The lowest BCUT2D eigenvalue weighted by atomic mass is 10.0. The Hall–Kier alpha value is -0.220. The van der Waals surface area contributed by atoms with Gasteiger partial charge in [-0.25, -0.2) is 0 Å². The Morgan fingerprint density at radius 1 is 1.14 bits per heavy atom. The van der Waals surface area contributed by atoms with Gasteiger partial charge in [0.2, 0.25) is 0 Å². The van der Waals surface area contributed by atoms with E-state index in [1.165, 1.54) is 0 Å². The number of ether oxygens (including phenoxy) is 1. The van der Waals surface area contributed by atoms with Gasteiger partial charge in [0.05, 0.1) is 15.9 Å². The molecule has 1 atom stereocenters. The van der Waals surface area contributed by atoms with E-state index in [0.717, 1.165) is 27.8 Å². The summed E-state index contributed by atoms with van der Waals surface area (Å²) in [5.74, 6) is 0.845. The van der Waals surface area contributed by atoms with Gasteiger partial charge >= 0.3 is 0 Å². The topological polar surface area (TPSA) is 9.23 Å². The zero-order chi connectivity index (χ0) is 15.4. The molecule has 0 aliphatic carbocycles. The summed E-state index contributed by atoms with van der Waals surface area (Å²) in [5, 5.41) is 1.35. The first-order valence-corrected chi connectivity index (χ1v) is 9.00. The Bertz CT molecular complexity index is 632. The molecule has 0 bridgehead atoms. The van der Waals surface area contributed by atoms with E-state index in [0.29, 0.717) is 16.7 Å². The summed E-state index contributed by atoms with van der Waals surface area (Å²) in [7, 11) is 0. The van der Waals surface area contributed by atoms with Gasteiger partial charge in [0.25, 0.3) is 0 Å². The first-order chi connectivity index (χ1) is 10.0. The van der Waals surface area contributed by atoms with Crippen LogP contribution in [0.1, 0.15) is 29.3 Å². The lowest BCUT2D eigenvalue weighted by Crippen LogP contribution is -1.98. The predicted molar refractivity (Wildman–Crippen MR) is 97.2 cm³/mol. The Kier molecular flexibility index (Phi) is 6.42. The third-order valence-electron chi connectivity index (χ3n) is 2.94. The normalized spacial score (nSPS) is 12.2. The first-order valence-electron chi connectivity index (χ1n) is 6.54. The van der Waals surface area contributed by atoms with E-state index in [1.807, 2.05) is 24.3 Å². The predicted octanol–water partition coefficient (Wildman–Crippen LogP) is 7.03. The third kappa shape index (κ3) is 4.38. The van der Waals surface area contributed by atoms with Gasteiger partial charge in [0.15, 0.2) is 0 Å². The molecule has 2 rings (SSSR count). The summed E-state index contributed by atoms with van der Waals surface area (Å²) in [4.78, 5) is -0.0276. The molecule has 5 heteroatoms. The maximum atomic E-state index is 6.26. The molecule has 0 spiro atoms. The van der Waals surface area contributed by atoms with Crippen LogP contribution in [-0.4, -0.2) is 6.61 Å². The van der Waals surface area contributed by atoms with Crippen LogP contribution in [0.15, 0.2) is 40.9 Å². The molecule has 0 saturated heterocycles. The fourth-order valence-electron chi connectivity index (χ4n) is 1.89. The molecule has 0 fully saturated rings. The van der Waals surface area contributed by atoms with Gasteiger partial charge in [0, 0.05) is 10.0 Å². The minimum Gasteiger partial charge on any atom is -0.492 e. The number of halogens is 4. The van der Waals surface area contributed by atoms with E-state index in [2.05, 4.69) is 38.8 Å². The lowest BCUT2D eigenvalue weighted by molar-refractivity contribution is 0.315. The summed E-state index contributed by atoms with van der Waals surface area (Å²) in [6.07, 6.45) is 0.980. The number of benzene rings is 2. The van der Waals surface area contributed by atoms with E-state index in [-0.39, 0.29) is 4.83 Å². The number of hydrogen-bond donors (Lipinski definition) is 0. The van der Waals surface area contributed by atoms with E-state index < -0.39 is 0 Å². The van der Waals surface area contributed by atoms with Crippen LogP contribution in [0.3, 0.4) is 0 Å². The van der Waals surface area contributed by atoms with Gasteiger partial charge in [-0.15, -0.1) is 0 Å². The van der Waals surface area contributed by atoms with E-state index in [9.17, 15) is 0 Å². The maximum absolute atomic E-state index is 6.26. The second kappa shape index (κ2) is 7.87. The third-order valence-corrected chi connectivity index (χ3v) is 5.16. The molecule has 21 heavy (non-hydrogen) atoms. The van der Waals surface area contributed by atoms with Gasteiger partial charge in [-0.3, -0.25) is 0 Å². The Balaban J connectivity index is 2.29. The zero-order valence-corrected chi connectivity index (χ0v) is 16.1. The minimum absolute atomic E-state index is 0.0276. The molecular formula is C16H14Br2Cl2O. The van der Waals surface area contributed by atoms with Gasteiger partial charge in [-0.1, -0.05) is 52.1 Å². The molecule has 112 valence electrons. The van der Waals surface area contributed by atoms with Crippen LogP contribution in [0.4, 0.5) is 0 Å². The van der Waals surface area contributed by atoms with Gasteiger partial charge < -0.3 is 4.74 Å². The molecule has 0 aromatic heterocycles. The molecular weight excluding hydrogens is 439 g/mol. The standard InChI is InChI=1S/C16H14Br2Cl2O/c1-2-7-21-15-6-3-10(8-13(15)17)16(18)12-9-11(19)4-5-14(12)20/h3-6,8-9,16H,2,7H2,1H3. The largest absolute Gasteiger partial charge is 0.492 e. The molecule has 0 aliphatic heterocycles. The molecule has 2 aromatic carbocycles. The summed E-state index contributed by atoms with van der Waals surface area (Å²) in [5.41, 5.74) is 2.02. The van der Waals surface area contributed by atoms with Crippen molar-refractivity contribution in [2.24, 2.45) is 0 Å². The summed E-state index contributed by atoms with van der Waals surface area (Å²) in [6.45, 7) is 2.79. The van der Waals surface area contributed by atoms with Gasteiger partial charge in [-0.05, 0) is 63.8 Å². The van der Waals surface area contributed by atoms with Crippen molar-refractivity contribution in [3.63, 3.8) is 0 Å². The first kappa shape index (κ1) is 17.1. The second-order valence-corrected chi connectivity index (χ2v) is 7.18. The molecule has 0 N–H and O–H groups in total. The fourth-order valence-corrected chi connectivity index (χ4v) is 3.61. The van der Waals surface area contributed by atoms with Crippen molar-refractivity contribution in [2.45, 2.75) is 18.2 Å². The second-order valence-electron chi connectivity index (χ2n) is 4.57. The van der Waals surface area contributed by atoms with Gasteiger partial charge in [-0.2, -0.15) is 0 Å². The average Bonchev–Trinajstić information content (AvgIpc) is 2.47. The van der Waals surface area contributed by atoms with Crippen molar-refractivity contribution in [3.8, 4) is 5.75 Å². The number of hydrogen-bond acceptors (Lipinski definition) is 1. The molecule has 0 aliphatic rings. The fraction of sp³-hybridized carbons (Fsp3) is 0.250. The highest BCUT2D eigenvalue weighted by atomic mass is 79.9. The molecule has 0 saturated carbocycles. The Morgan fingerprint density at radius 3 is 2.57 bits per heavy atom. The van der Waals surface area contributed by atoms with E-state index in [4.69, 9.17) is 27.9 Å². The van der Waals surface area contributed by atoms with Crippen molar-refractivity contribution in [3.05, 3.63) is 62.0 Å². The highest BCUT2D eigenvalue weighted by Crippen LogP contribution is 2.39. The summed E-state index contributed by atoms with van der Waals surface area (Å²) in [6, 6.07) is 11.5. The van der Waals surface area contributed by atoms with Crippen LogP contribution >= 0.6 is 55.1 Å². The van der Waals surface area contributed by atoms with Crippen molar-refractivity contribution in [2.75, 3.05) is 6.61 Å². The van der Waals surface area contributed by atoms with Gasteiger partial charge in [0.1, 0.15) is 5.75 Å². The quantitative estimate of drug-likeness (QED) is 0.442. The average molecular weight is 453 g/mol. The van der Waals surface area contributed by atoms with Crippen LogP contribution in [-0.2, 0) is 0 Å². The molecule has 2 aromatic rings. The Morgan fingerprint density at radius 2 is 1.90 bits per heavy atom. The van der Waals surface area contributed by atoms with Crippen LogP contribution in [0.5, 0.6) is 5.75 Å². The summed E-state index contributed by atoms with van der Waals surface area (Å²) < 4.78 is 6.59. The molecule has 0 radical (unpaired) electrons. The van der Waals surface area contributed by atoms with E-state index >= 15 is 0 Å². The SMILES string of the molecule is CCCOc1ccc(C(Br)c2cc(Cl)ccc2Cl)cc1Br. The van der Waals surface area contributed by atoms with Crippen LogP contribution in [0, 0.1) is 0 Å². The monoisotopic (exact) mass is 450 g/mol. The zero-order valence-electron chi connectivity index (χ0n) is 11.4. The van der Waals surface area contributed by atoms with Crippen molar-refractivity contribution in [1.29, 1.82) is 0 Å². The molecule has 1 unspecified atom stereocenters. The van der Waals surface area contributed by atoms with Crippen molar-refractivity contribution >= 4 is 55.1 Å². The minimum atomic E-state index is -0.0276. The molecule has 0 amide bonds. The van der Waals surface area contributed by atoms with Crippen molar-refractivity contribution < 1.29 is 4.74 Å². The highest BCUT2D eigenvalue weighted by molar-refractivity contribution is 9.10. The smallest absolute Gasteiger partial charge is 0.133 e. The van der Waals surface area contributed by atoms with Crippen LogP contribution in [0.25, 0.3) is 0 Å². The lowest BCUT2D eigenvalue weighted by Gasteiger charge is -2.15. The van der Waals surface area contributed by atoms with Crippen LogP contribution in [0.2, 0.25) is 10.0 Å². The molecule has 1 nitrogen and oxygen atoms in total. The Labute approximate surface area is 151 Å². The molecule has 0 heterocycles.